The summed E-state index contributed by atoms with van der Waals surface area (Å²) in [5.74, 6) is 1.12. The number of nitrogens with zero attached hydrogens (tertiary/aromatic N) is 2. The predicted octanol–water partition coefficient (Wildman–Crippen LogP) is 3.91. The van der Waals surface area contributed by atoms with Crippen LogP contribution in [0.3, 0.4) is 0 Å². The Labute approximate surface area is 117 Å². The van der Waals surface area contributed by atoms with Crippen molar-refractivity contribution in [1.82, 2.24) is 10.2 Å². The molecule has 0 aliphatic carbocycles. The first-order valence-electron chi connectivity index (χ1n) is 6.53. The molecule has 0 fully saturated rings. The number of nitrogens with one attached hydrogen (secondary N) is 1. The van der Waals surface area contributed by atoms with Crippen molar-refractivity contribution in [1.29, 1.82) is 0 Å². The van der Waals surface area contributed by atoms with E-state index in [-0.39, 0.29) is 6.04 Å². The minimum Gasteiger partial charge on any atom is -0.418 e. The number of anilines is 1. The molecule has 4 heteroatoms. The third kappa shape index (κ3) is 2.69. The second-order valence-electron chi connectivity index (χ2n) is 4.54. The molecule has 1 aromatic heterocycles. The molecule has 2 aromatic carbocycles. The third-order valence-corrected chi connectivity index (χ3v) is 2.99. The van der Waals surface area contributed by atoms with Crippen LogP contribution in [-0.2, 0) is 0 Å². The molecule has 1 heterocycles. The minimum atomic E-state index is -0.0395. The molecule has 0 amide bonds. The average molecular weight is 265 g/mol. The fourth-order valence-corrected chi connectivity index (χ4v) is 1.95. The Morgan fingerprint density at radius 3 is 2.25 bits per heavy atom. The van der Waals surface area contributed by atoms with Crippen molar-refractivity contribution in [2.45, 2.75) is 13.0 Å². The number of hydrogen-bond donors (Lipinski definition) is 1. The van der Waals surface area contributed by atoms with Crippen LogP contribution in [0, 0.1) is 0 Å². The van der Waals surface area contributed by atoms with E-state index in [2.05, 4.69) is 15.5 Å². The van der Waals surface area contributed by atoms with Gasteiger partial charge in [-0.3, -0.25) is 0 Å². The molecular weight excluding hydrogens is 250 g/mol. The van der Waals surface area contributed by atoms with Gasteiger partial charge >= 0.3 is 0 Å². The molecule has 20 heavy (non-hydrogen) atoms. The van der Waals surface area contributed by atoms with E-state index in [1.54, 1.807) is 0 Å². The summed E-state index contributed by atoms with van der Waals surface area (Å²) in [5.41, 5.74) is 1.96. The average Bonchev–Trinajstić information content (AvgIpc) is 2.99. The highest BCUT2D eigenvalue weighted by Crippen LogP contribution is 2.22. The smallest absolute Gasteiger partial charge is 0.247 e. The maximum atomic E-state index is 5.72. The molecule has 1 N–H and O–H groups in total. The van der Waals surface area contributed by atoms with Crippen molar-refractivity contribution in [3.05, 3.63) is 66.6 Å². The second kappa shape index (κ2) is 5.57. The first-order valence-corrected chi connectivity index (χ1v) is 6.53. The van der Waals surface area contributed by atoms with Gasteiger partial charge in [0.15, 0.2) is 0 Å². The van der Waals surface area contributed by atoms with Crippen molar-refractivity contribution in [2.75, 3.05) is 5.32 Å². The van der Waals surface area contributed by atoms with Gasteiger partial charge in [-0.2, -0.15) is 0 Å². The molecule has 0 aliphatic heterocycles. The van der Waals surface area contributed by atoms with E-state index < -0.39 is 0 Å². The van der Waals surface area contributed by atoms with Crippen LogP contribution >= 0.6 is 0 Å². The summed E-state index contributed by atoms with van der Waals surface area (Å²) >= 11 is 0. The van der Waals surface area contributed by atoms with Crippen LogP contribution < -0.4 is 5.32 Å². The molecule has 3 aromatic rings. The Morgan fingerprint density at radius 1 is 0.900 bits per heavy atom. The molecule has 0 aliphatic rings. The summed E-state index contributed by atoms with van der Waals surface area (Å²) in [5, 5.41) is 11.5. The Hall–Kier alpha value is -2.62. The Bertz CT molecular complexity index is 664. The van der Waals surface area contributed by atoms with Gasteiger partial charge in [0.2, 0.25) is 11.8 Å². The molecule has 0 spiro atoms. The van der Waals surface area contributed by atoms with Crippen LogP contribution in [0.2, 0.25) is 0 Å². The summed E-state index contributed by atoms with van der Waals surface area (Å²) in [6.07, 6.45) is 0. The lowest BCUT2D eigenvalue weighted by Gasteiger charge is -2.10. The van der Waals surface area contributed by atoms with E-state index in [1.165, 1.54) is 0 Å². The minimum absolute atomic E-state index is 0.0395. The van der Waals surface area contributed by atoms with Crippen LogP contribution in [0.4, 0.5) is 5.69 Å². The zero-order chi connectivity index (χ0) is 13.8. The maximum Gasteiger partial charge on any atom is 0.247 e. The van der Waals surface area contributed by atoms with Crippen LogP contribution in [0.5, 0.6) is 0 Å². The van der Waals surface area contributed by atoms with E-state index >= 15 is 0 Å². The lowest BCUT2D eigenvalue weighted by Crippen LogP contribution is -2.06. The zero-order valence-corrected chi connectivity index (χ0v) is 11.2. The lowest BCUT2D eigenvalue weighted by molar-refractivity contribution is 0.485. The lowest BCUT2D eigenvalue weighted by atomic mass is 10.2. The van der Waals surface area contributed by atoms with E-state index in [4.69, 9.17) is 4.42 Å². The Morgan fingerprint density at radius 2 is 1.55 bits per heavy atom. The van der Waals surface area contributed by atoms with Gasteiger partial charge in [0.25, 0.3) is 0 Å². The van der Waals surface area contributed by atoms with Crippen molar-refractivity contribution in [3.63, 3.8) is 0 Å². The van der Waals surface area contributed by atoms with Crippen LogP contribution in [0.25, 0.3) is 11.5 Å². The predicted molar refractivity (Wildman–Crippen MR) is 78.2 cm³/mol. The highest BCUT2D eigenvalue weighted by Gasteiger charge is 2.14. The topological polar surface area (TPSA) is 51.0 Å². The fraction of sp³-hybridized carbons (Fsp3) is 0.125. The molecule has 0 bridgehead atoms. The number of benzene rings is 2. The van der Waals surface area contributed by atoms with Gasteiger partial charge in [0, 0.05) is 11.3 Å². The summed E-state index contributed by atoms with van der Waals surface area (Å²) < 4.78 is 5.72. The Kier molecular flexibility index (Phi) is 3.46. The number of hydrogen-bond acceptors (Lipinski definition) is 4. The largest absolute Gasteiger partial charge is 0.418 e. The van der Waals surface area contributed by atoms with Crippen molar-refractivity contribution < 1.29 is 4.42 Å². The quantitative estimate of drug-likeness (QED) is 0.777. The highest BCUT2D eigenvalue weighted by molar-refractivity contribution is 5.52. The van der Waals surface area contributed by atoms with Crippen molar-refractivity contribution >= 4 is 5.69 Å². The van der Waals surface area contributed by atoms with E-state index in [1.807, 2.05) is 67.6 Å². The van der Waals surface area contributed by atoms with Crippen molar-refractivity contribution in [3.8, 4) is 11.5 Å². The van der Waals surface area contributed by atoms with Crippen LogP contribution in [0.15, 0.2) is 65.1 Å². The summed E-state index contributed by atoms with van der Waals surface area (Å²) in [6, 6.07) is 19.7. The molecule has 1 atom stereocenters. The van der Waals surface area contributed by atoms with Gasteiger partial charge < -0.3 is 9.73 Å². The standard InChI is InChI=1S/C16H15N3O/c1-12(17-14-10-6-3-7-11-14)15-18-19-16(20-15)13-8-4-2-5-9-13/h2-12,17H,1H3/t12-/m1/s1. The SMILES string of the molecule is C[C@@H](Nc1ccccc1)c1nnc(-c2ccccc2)o1. The van der Waals surface area contributed by atoms with Gasteiger partial charge in [0.1, 0.15) is 6.04 Å². The van der Waals surface area contributed by atoms with Crippen LogP contribution in [-0.4, -0.2) is 10.2 Å². The molecule has 0 saturated heterocycles. The summed E-state index contributed by atoms with van der Waals surface area (Å²) in [6.45, 7) is 2.00. The first kappa shape index (κ1) is 12.4. The van der Waals surface area contributed by atoms with Gasteiger partial charge in [-0.25, -0.2) is 0 Å². The highest BCUT2D eigenvalue weighted by atomic mass is 16.4. The van der Waals surface area contributed by atoms with Gasteiger partial charge in [-0.15, -0.1) is 10.2 Å². The summed E-state index contributed by atoms with van der Waals surface area (Å²) in [4.78, 5) is 0. The normalized spacial score (nSPS) is 12.1. The molecule has 0 unspecified atom stereocenters. The molecule has 3 rings (SSSR count). The monoisotopic (exact) mass is 265 g/mol. The number of aromatic nitrogens is 2. The van der Waals surface area contributed by atoms with Gasteiger partial charge in [0.05, 0.1) is 0 Å². The van der Waals surface area contributed by atoms with E-state index in [0.717, 1.165) is 11.3 Å². The first-order chi connectivity index (χ1) is 9.83. The number of rotatable bonds is 4. The van der Waals surface area contributed by atoms with E-state index in [0.29, 0.717) is 11.8 Å². The van der Waals surface area contributed by atoms with Crippen LogP contribution in [0.1, 0.15) is 18.9 Å². The summed E-state index contributed by atoms with van der Waals surface area (Å²) in [7, 11) is 0. The molecular formula is C16H15N3O. The van der Waals surface area contributed by atoms with E-state index in [9.17, 15) is 0 Å². The van der Waals surface area contributed by atoms with Crippen molar-refractivity contribution in [2.24, 2.45) is 0 Å². The molecule has 0 radical (unpaired) electrons. The molecule has 0 saturated carbocycles. The second-order valence-corrected chi connectivity index (χ2v) is 4.54. The van der Waals surface area contributed by atoms with Gasteiger partial charge in [-0.05, 0) is 31.2 Å². The Balaban J connectivity index is 1.77. The third-order valence-electron chi connectivity index (χ3n) is 2.99. The number of para-hydroxylation sites is 1. The van der Waals surface area contributed by atoms with Gasteiger partial charge in [-0.1, -0.05) is 36.4 Å². The zero-order valence-electron chi connectivity index (χ0n) is 11.2. The fourth-order valence-electron chi connectivity index (χ4n) is 1.95. The molecule has 4 nitrogen and oxygen atoms in total. The maximum absolute atomic E-state index is 5.72. The molecule has 100 valence electrons.